The van der Waals surface area contributed by atoms with E-state index >= 15 is 0 Å². The highest BCUT2D eigenvalue weighted by Crippen LogP contribution is 2.51. The third-order valence-corrected chi connectivity index (χ3v) is 9.83. The van der Waals surface area contributed by atoms with Crippen LogP contribution in [-0.4, -0.2) is 23.3 Å². The molecule has 3 rings (SSSR count). The van der Waals surface area contributed by atoms with Gasteiger partial charge in [0.15, 0.2) is 0 Å². The van der Waals surface area contributed by atoms with Crippen molar-refractivity contribution in [3.8, 4) is 0 Å². The molecule has 0 aliphatic carbocycles. The van der Waals surface area contributed by atoms with Crippen LogP contribution in [0.25, 0.3) is 6.08 Å². The fourth-order valence-corrected chi connectivity index (χ4v) is 6.40. The van der Waals surface area contributed by atoms with Crippen molar-refractivity contribution in [2.75, 3.05) is 12.3 Å². The SMILES string of the molecule is OC(C=Cc1ccccc1)P(=S)(CCc1ccccc1)CCc1ccccc1. The van der Waals surface area contributed by atoms with Crippen LogP contribution in [0.5, 0.6) is 0 Å². The first kappa shape index (κ1) is 20.7. The van der Waals surface area contributed by atoms with E-state index in [4.69, 9.17) is 11.8 Å². The zero-order valence-electron chi connectivity index (χ0n) is 16.0. The Morgan fingerprint density at radius 2 is 1.14 bits per heavy atom. The summed E-state index contributed by atoms with van der Waals surface area (Å²) in [6, 6.07) is 29.0. The highest BCUT2D eigenvalue weighted by molar-refractivity contribution is 8.15. The smallest absolute Gasteiger partial charge is 0.101 e. The molecular weight excluding hydrogens is 379 g/mol. The van der Waals surface area contributed by atoms with Crippen LogP contribution in [0.1, 0.15) is 16.7 Å². The molecule has 3 aromatic carbocycles. The number of hydrogen-bond donors (Lipinski definition) is 1. The van der Waals surface area contributed by atoms with Crippen LogP contribution in [0.15, 0.2) is 97.1 Å². The Kier molecular flexibility index (Phi) is 7.80. The number of aryl methyl sites for hydroxylation is 2. The molecule has 0 aliphatic rings. The predicted octanol–water partition coefficient (Wildman–Crippen LogP) is 5.98. The maximum absolute atomic E-state index is 11.0. The summed E-state index contributed by atoms with van der Waals surface area (Å²) in [5, 5.41) is 11.0. The van der Waals surface area contributed by atoms with Gasteiger partial charge < -0.3 is 5.11 Å². The first-order valence-electron chi connectivity index (χ1n) is 9.73. The molecule has 3 aromatic rings. The van der Waals surface area contributed by atoms with Gasteiger partial charge in [-0.2, -0.15) is 0 Å². The van der Waals surface area contributed by atoms with Gasteiger partial charge in [-0.3, -0.25) is 0 Å². The lowest BCUT2D eigenvalue weighted by Gasteiger charge is -2.26. The minimum absolute atomic E-state index is 0.560. The summed E-state index contributed by atoms with van der Waals surface area (Å²) in [4.78, 5) is 0. The van der Waals surface area contributed by atoms with Gasteiger partial charge in [0.2, 0.25) is 0 Å². The van der Waals surface area contributed by atoms with Gasteiger partial charge in [-0.25, -0.2) is 0 Å². The Bertz CT molecular complexity index is 860. The lowest BCUT2D eigenvalue weighted by Crippen LogP contribution is -2.13. The van der Waals surface area contributed by atoms with Crippen LogP contribution < -0.4 is 0 Å². The van der Waals surface area contributed by atoms with E-state index in [2.05, 4.69) is 48.5 Å². The average molecular weight is 407 g/mol. The van der Waals surface area contributed by atoms with E-state index in [9.17, 15) is 5.11 Å². The molecule has 28 heavy (non-hydrogen) atoms. The van der Waals surface area contributed by atoms with Gasteiger partial charge in [-0.15, -0.1) is 0 Å². The number of benzene rings is 3. The molecule has 0 fully saturated rings. The number of rotatable bonds is 9. The minimum Gasteiger partial charge on any atom is -0.384 e. The summed E-state index contributed by atoms with van der Waals surface area (Å²) in [7, 11) is 0. The standard InChI is InChI=1S/C25H27OPS/c26-25(17-16-22-10-4-1-5-11-22)27(28,20-18-23-12-6-2-7-13-23)21-19-24-14-8-3-9-15-24/h1-17,25-26H,18-21H2. The predicted molar refractivity (Wildman–Crippen MR) is 126 cm³/mol. The molecule has 0 bridgehead atoms. The van der Waals surface area contributed by atoms with Gasteiger partial charge >= 0.3 is 0 Å². The van der Waals surface area contributed by atoms with Crippen molar-refractivity contribution >= 4 is 23.9 Å². The van der Waals surface area contributed by atoms with Crippen LogP contribution in [0.4, 0.5) is 0 Å². The Labute approximate surface area is 173 Å². The van der Waals surface area contributed by atoms with E-state index in [-0.39, 0.29) is 0 Å². The number of aliphatic hydroxyl groups is 1. The van der Waals surface area contributed by atoms with Gasteiger partial charge in [-0.05, 0) is 47.9 Å². The fraction of sp³-hybridized carbons (Fsp3) is 0.200. The number of hydrogen-bond acceptors (Lipinski definition) is 2. The molecule has 1 nitrogen and oxygen atoms in total. The van der Waals surface area contributed by atoms with Gasteiger partial charge in [-0.1, -0.05) is 115 Å². The lowest BCUT2D eigenvalue weighted by atomic mass is 10.2. The van der Waals surface area contributed by atoms with Gasteiger partial charge in [0, 0.05) is 0 Å². The zero-order chi connectivity index (χ0) is 19.7. The van der Waals surface area contributed by atoms with Crippen LogP contribution >= 0.6 is 6.04 Å². The summed E-state index contributed by atoms with van der Waals surface area (Å²) in [6.07, 6.45) is 7.49. The summed E-state index contributed by atoms with van der Waals surface area (Å²) >= 11 is 6.15. The van der Waals surface area contributed by atoms with Crippen LogP contribution in [0, 0.1) is 0 Å². The molecule has 0 heterocycles. The molecular formula is C25H27OPS. The largest absolute Gasteiger partial charge is 0.384 e. The minimum atomic E-state index is -1.98. The molecule has 0 spiro atoms. The van der Waals surface area contributed by atoms with E-state index in [1.54, 1.807) is 0 Å². The van der Waals surface area contributed by atoms with Crippen LogP contribution in [-0.2, 0) is 24.6 Å². The Hall–Kier alpha value is -1.99. The fourth-order valence-electron chi connectivity index (χ4n) is 3.22. The van der Waals surface area contributed by atoms with Crippen molar-refractivity contribution < 1.29 is 5.11 Å². The van der Waals surface area contributed by atoms with E-state index in [1.807, 2.05) is 54.6 Å². The number of aliphatic hydroxyl groups excluding tert-OH is 1. The topological polar surface area (TPSA) is 20.2 Å². The van der Waals surface area contributed by atoms with E-state index in [1.165, 1.54) is 11.1 Å². The molecule has 144 valence electrons. The van der Waals surface area contributed by atoms with Crippen LogP contribution in [0.2, 0.25) is 0 Å². The molecule has 0 saturated carbocycles. The molecule has 0 aliphatic heterocycles. The molecule has 0 amide bonds. The summed E-state index contributed by atoms with van der Waals surface area (Å²) in [6.45, 7) is 0. The molecule has 0 aromatic heterocycles. The van der Waals surface area contributed by atoms with E-state index in [0.29, 0.717) is 0 Å². The van der Waals surface area contributed by atoms with Gasteiger partial charge in [0.05, 0.1) is 0 Å². The Morgan fingerprint density at radius 3 is 1.61 bits per heavy atom. The highest BCUT2D eigenvalue weighted by Gasteiger charge is 2.24. The van der Waals surface area contributed by atoms with Gasteiger partial charge in [0.1, 0.15) is 5.85 Å². The van der Waals surface area contributed by atoms with Crippen molar-refractivity contribution in [3.05, 3.63) is 114 Å². The second kappa shape index (κ2) is 10.5. The van der Waals surface area contributed by atoms with Crippen molar-refractivity contribution in [2.24, 2.45) is 0 Å². The van der Waals surface area contributed by atoms with E-state index < -0.39 is 11.9 Å². The molecule has 1 atom stereocenters. The van der Waals surface area contributed by atoms with E-state index in [0.717, 1.165) is 30.7 Å². The van der Waals surface area contributed by atoms with Crippen molar-refractivity contribution in [3.63, 3.8) is 0 Å². The molecule has 0 radical (unpaired) electrons. The summed E-state index contributed by atoms with van der Waals surface area (Å²) in [5.74, 6) is -0.560. The maximum Gasteiger partial charge on any atom is 0.101 e. The average Bonchev–Trinajstić information content (AvgIpc) is 2.77. The zero-order valence-corrected chi connectivity index (χ0v) is 17.7. The Morgan fingerprint density at radius 1 is 0.714 bits per heavy atom. The third kappa shape index (κ3) is 6.27. The first-order valence-corrected chi connectivity index (χ1v) is 13.0. The van der Waals surface area contributed by atoms with Crippen molar-refractivity contribution in [1.82, 2.24) is 0 Å². The van der Waals surface area contributed by atoms with Crippen LogP contribution in [0.3, 0.4) is 0 Å². The Balaban J connectivity index is 1.73. The van der Waals surface area contributed by atoms with Crippen molar-refractivity contribution in [2.45, 2.75) is 18.7 Å². The second-order valence-corrected chi connectivity index (χ2v) is 12.6. The monoisotopic (exact) mass is 406 g/mol. The quantitative estimate of drug-likeness (QED) is 0.441. The lowest BCUT2D eigenvalue weighted by molar-refractivity contribution is 0.303. The first-order chi connectivity index (χ1) is 13.7. The van der Waals surface area contributed by atoms with Gasteiger partial charge in [0.25, 0.3) is 0 Å². The summed E-state index contributed by atoms with van der Waals surface area (Å²) in [5.41, 5.74) is 3.67. The highest BCUT2D eigenvalue weighted by atomic mass is 32.4. The molecule has 0 saturated heterocycles. The summed E-state index contributed by atoms with van der Waals surface area (Å²) < 4.78 is 0. The molecule has 1 unspecified atom stereocenters. The maximum atomic E-state index is 11.0. The normalized spacial score (nSPS) is 12.9. The molecule has 1 N–H and O–H groups in total. The third-order valence-electron chi connectivity index (χ3n) is 4.99. The second-order valence-electron chi connectivity index (χ2n) is 7.05. The molecule has 3 heteroatoms. The van der Waals surface area contributed by atoms with Crippen molar-refractivity contribution in [1.29, 1.82) is 0 Å².